The van der Waals surface area contributed by atoms with Gasteiger partial charge in [-0.1, -0.05) is 0 Å². The van der Waals surface area contributed by atoms with E-state index >= 15 is 0 Å². The van der Waals surface area contributed by atoms with Crippen LogP contribution in [0.1, 0.15) is 34.1 Å². The van der Waals surface area contributed by atoms with E-state index in [0.29, 0.717) is 13.0 Å². The number of carbonyl (C=O) groups excluding carboxylic acids is 2. The SMILES string of the molecule is CCOC(=O)C(C)(C)CC(C)([Te]c1ccccc1)C(=O)OC. The van der Waals surface area contributed by atoms with Crippen molar-refractivity contribution < 1.29 is 19.1 Å². The van der Waals surface area contributed by atoms with Gasteiger partial charge < -0.3 is 0 Å². The predicted octanol–water partition coefficient (Wildman–Crippen LogP) is 2.35. The van der Waals surface area contributed by atoms with Gasteiger partial charge in [0.2, 0.25) is 0 Å². The van der Waals surface area contributed by atoms with Crippen molar-refractivity contribution >= 4 is 36.5 Å². The van der Waals surface area contributed by atoms with E-state index in [4.69, 9.17) is 9.47 Å². The van der Waals surface area contributed by atoms with Crippen molar-refractivity contribution in [3.63, 3.8) is 0 Å². The topological polar surface area (TPSA) is 52.6 Å². The molecule has 0 radical (unpaired) electrons. The van der Waals surface area contributed by atoms with Gasteiger partial charge in [-0.2, -0.15) is 0 Å². The van der Waals surface area contributed by atoms with Crippen LogP contribution in [-0.4, -0.2) is 46.6 Å². The first-order valence-electron chi connectivity index (χ1n) is 7.25. The summed E-state index contributed by atoms with van der Waals surface area (Å²) in [7, 11) is 1.40. The van der Waals surface area contributed by atoms with Crippen LogP contribution in [0.4, 0.5) is 0 Å². The van der Waals surface area contributed by atoms with E-state index in [1.807, 2.05) is 51.1 Å². The van der Waals surface area contributed by atoms with E-state index < -0.39 is 29.8 Å². The molecule has 0 N–H and O–H groups in total. The molecule has 1 aromatic carbocycles. The fourth-order valence-corrected chi connectivity index (χ4v) is 6.39. The summed E-state index contributed by atoms with van der Waals surface area (Å²) in [6.07, 6.45) is 0.419. The minimum atomic E-state index is -0.866. The third kappa shape index (κ3) is 5.00. The van der Waals surface area contributed by atoms with E-state index in [0.717, 1.165) is 0 Å². The first-order chi connectivity index (χ1) is 10.2. The number of hydrogen-bond donors (Lipinski definition) is 0. The maximum absolute atomic E-state index is 12.4. The first kappa shape index (κ1) is 19.0. The predicted molar refractivity (Wildman–Crippen MR) is 87.2 cm³/mol. The molecule has 0 fully saturated rings. The van der Waals surface area contributed by atoms with Crippen LogP contribution in [0, 0.1) is 5.41 Å². The Morgan fingerprint density at radius 2 is 1.68 bits per heavy atom. The summed E-state index contributed by atoms with van der Waals surface area (Å²) in [5.74, 6) is -0.526. The van der Waals surface area contributed by atoms with Crippen LogP contribution in [0.15, 0.2) is 30.3 Å². The summed E-state index contributed by atoms with van der Waals surface area (Å²) in [5, 5.41) is 0. The van der Waals surface area contributed by atoms with E-state index in [1.165, 1.54) is 10.7 Å². The zero-order chi connectivity index (χ0) is 16.8. The van der Waals surface area contributed by atoms with Gasteiger partial charge in [0.05, 0.1) is 0 Å². The maximum atomic E-state index is 12.4. The van der Waals surface area contributed by atoms with Crippen LogP contribution in [-0.2, 0) is 19.1 Å². The molecule has 0 amide bonds. The van der Waals surface area contributed by atoms with Crippen molar-refractivity contribution in [3.8, 4) is 0 Å². The van der Waals surface area contributed by atoms with Crippen LogP contribution >= 0.6 is 0 Å². The molecule has 5 heteroatoms. The van der Waals surface area contributed by atoms with Gasteiger partial charge in [-0.25, -0.2) is 0 Å². The first-order valence-corrected chi connectivity index (χ1v) is 9.58. The van der Waals surface area contributed by atoms with Crippen molar-refractivity contribution in [2.24, 2.45) is 5.41 Å². The van der Waals surface area contributed by atoms with Crippen molar-refractivity contribution in [1.29, 1.82) is 0 Å². The van der Waals surface area contributed by atoms with Crippen LogP contribution in [0.5, 0.6) is 0 Å². The summed E-state index contributed by atoms with van der Waals surface area (Å²) >= 11 is -0.866. The van der Waals surface area contributed by atoms with Gasteiger partial charge in [0, 0.05) is 0 Å². The fourth-order valence-electron chi connectivity index (χ4n) is 2.36. The van der Waals surface area contributed by atoms with E-state index in [9.17, 15) is 9.59 Å². The molecule has 0 saturated carbocycles. The Bertz CT molecular complexity index is 513. The number of hydrogen-bond acceptors (Lipinski definition) is 4. The number of esters is 2. The Morgan fingerprint density at radius 3 is 2.18 bits per heavy atom. The van der Waals surface area contributed by atoms with Crippen LogP contribution in [0.2, 0.25) is 3.46 Å². The Kier molecular flexibility index (Phi) is 6.90. The fraction of sp³-hybridized carbons (Fsp3) is 0.529. The van der Waals surface area contributed by atoms with Crippen LogP contribution in [0.3, 0.4) is 0 Å². The quantitative estimate of drug-likeness (QED) is 0.503. The van der Waals surface area contributed by atoms with E-state index in [-0.39, 0.29) is 11.9 Å². The Labute approximate surface area is 142 Å². The van der Waals surface area contributed by atoms with E-state index in [1.54, 1.807) is 6.92 Å². The molecule has 1 atom stereocenters. The van der Waals surface area contributed by atoms with Crippen LogP contribution < -0.4 is 3.61 Å². The standard InChI is InChI=1S/C17H24O4Te/c1-6-21-14(18)16(2,3)12-17(4,15(19)20-5)22-13-10-8-7-9-11-13/h7-11H,6,12H2,1-5H3. The van der Waals surface area contributed by atoms with Gasteiger partial charge in [0.25, 0.3) is 0 Å². The molecule has 0 aliphatic heterocycles. The van der Waals surface area contributed by atoms with Gasteiger partial charge in [-0.05, 0) is 0 Å². The van der Waals surface area contributed by atoms with Crippen LogP contribution in [0.25, 0.3) is 0 Å². The molecule has 0 aliphatic rings. The van der Waals surface area contributed by atoms with Gasteiger partial charge in [-0.15, -0.1) is 0 Å². The molecule has 1 unspecified atom stereocenters. The van der Waals surface area contributed by atoms with Gasteiger partial charge in [0.15, 0.2) is 0 Å². The number of carbonyl (C=O) groups is 2. The minimum absolute atomic E-state index is 0.254. The average Bonchev–Trinajstić information content (AvgIpc) is 2.47. The number of methoxy groups -OCH3 is 1. The molecule has 1 rings (SSSR count). The molecule has 0 aliphatic carbocycles. The molecule has 122 valence electrons. The average molecular weight is 420 g/mol. The van der Waals surface area contributed by atoms with Crippen molar-refractivity contribution in [2.75, 3.05) is 13.7 Å². The van der Waals surface area contributed by atoms with Gasteiger partial charge in [0.1, 0.15) is 0 Å². The zero-order valence-electron chi connectivity index (χ0n) is 13.8. The molecule has 1 aromatic rings. The van der Waals surface area contributed by atoms with Crippen molar-refractivity contribution in [1.82, 2.24) is 0 Å². The molecule has 0 bridgehead atoms. The molecular weight excluding hydrogens is 396 g/mol. The molecule has 0 aromatic heterocycles. The third-order valence-corrected chi connectivity index (χ3v) is 6.93. The Morgan fingerprint density at radius 1 is 1.09 bits per heavy atom. The summed E-state index contributed by atoms with van der Waals surface area (Å²) < 4.78 is 10.7. The van der Waals surface area contributed by atoms with Gasteiger partial charge in [-0.3, -0.25) is 0 Å². The Balaban J connectivity index is 3.02. The summed E-state index contributed by atoms with van der Waals surface area (Å²) in [5.41, 5.74) is -0.724. The second-order valence-corrected chi connectivity index (χ2v) is 10.4. The Hall–Kier alpha value is -1.05. The molecule has 0 spiro atoms. The monoisotopic (exact) mass is 422 g/mol. The normalized spacial score (nSPS) is 14.0. The van der Waals surface area contributed by atoms with Crippen molar-refractivity contribution in [3.05, 3.63) is 30.3 Å². The summed E-state index contributed by atoms with van der Waals surface area (Å²) in [6, 6.07) is 9.94. The molecule has 22 heavy (non-hydrogen) atoms. The summed E-state index contributed by atoms with van der Waals surface area (Å²) in [6.45, 7) is 7.67. The van der Waals surface area contributed by atoms with Gasteiger partial charge >= 0.3 is 143 Å². The molecule has 4 nitrogen and oxygen atoms in total. The molecule has 0 heterocycles. The van der Waals surface area contributed by atoms with Crippen molar-refractivity contribution in [2.45, 2.75) is 37.6 Å². The third-order valence-electron chi connectivity index (χ3n) is 3.31. The second kappa shape index (κ2) is 7.99. The summed E-state index contributed by atoms with van der Waals surface area (Å²) in [4.78, 5) is 24.5. The zero-order valence-corrected chi connectivity index (χ0v) is 16.2. The number of benzene rings is 1. The number of rotatable bonds is 7. The molecule has 0 saturated heterocycles. The second-order valence-electron chi connectivity index (χ2n) is 5.92. The molecular formula is C17H24O4Te. The van der Waals surface area contributed by atoms with E-state index in [2.05, 4.69) is 0 Å². The number of ether oxygens (including phenoxy) is 2.